The van der Waals surface area contributed by atoms with E-state index < -0.39 is 0 Å². The quantitative estimate of drug-likeness (QED) is 0.434. The molecular weight excluding hydrogens is 374 g/mol. The van der Waals surface area contributed by atoms with E-state index in [-0.39, 0.29) is 5.78 Å². The number of nitrogens with one attached hydrogen (secondary N) is 1. The van der Waals surface area contributed by atoms with Crippen LogP contribution in [0, 0.1) is 0 Å². The molecule has 5 heteroatoms. The molecule has 0 aromatic heterocycles. The van der Waals surface area contributed by atoms with Crippen LogP contribution >= 0.6 is 0 Å². The summed E-state index contributed by atoms with van der Waals surface area (Å²) in [5.74, 6) is 0.787. The summed E-state index contributed by atoms with van der Waals surface area (Å²) in [7, 11) is 1.65. The van der Waals surface area contributed by atoms with Crippen LogP contribution in [0.3, 0.4) is 0 Å². The van der Waals surface area contributed by atoms with Crippen molar-refractivity contribution in [3.63, 3.8) is 0 Å². The van der Waals surface area contributed by atoms with Crippen molar-refractivity contribution in [1.29, 1.82) is 0 Å². The van der Waals surface area contributed by atoms with E-state index >= 15 is 0 Å². The highest BCUT2D eigenvalue weighted by atomic mass is 16.5. The number of anilines is 3. The third kappa shape index (κ3) is 4.64. The van der Waals surface area contributed by atoms with Crippen LogP contribution in [-0.4, -0.2) is 18.6 Å². The molecule has 5 nitrogen and oxygen atoms in total. The van der Waals surface area contributed by atoms with Gasteiger partial charge >= 0.3 is 0 Å². The Balaban J connectivity index is 1.60. The maximum absolute atomic E-state index is 11.3. The molecule has 0 heterocycles. The predicted molar refractivity (Wildman–Crippen MR) is 122 cm³/mol. The third-order valence-corrected chi connectivity index (χ3v) is 4.55. The first-order valence-corrected chi connectivity index (χ1v) is 9.56. The van der Waals surface area contributed by atoms with Gasteiger partial charge in [0.2, 0.25) is 0 Å². The molecule has 0 saturated heterocycles. The van der Waals surface area contributed by atoms with Crippen LogP contribution in [0.15, 0.2) is 108 Å². The van der Waals surface area contributed by atoms with Crippen molar-refractivity contribution < 1.29 is 9.53 Å². The van der Waals surface area contributed by atoms with E-state index in [9.17, 15) is 4.79 Å². The summed E-state index contributed by atoms with van der Waals surface area (Å²) in [6, 6.07) is 25.8. The van der Waals surface area contributed by atoms with Crippen LogP contribution in [0.4, 0.5) is 22.7 Å². The van der Waals surface area contributed by atoms with Crippen LogP contribution < -0.4 is 15.2 Å². The summed E-state index contributed by atoms with van der Waals surface area (Å²) in [6.45, 7) is 0. The van der Waals surface area contributed by atoms with Crippen LogP contribution in [0.1, 0.15) is 0 Å². The molecule has 1 aliphatic carbocycles. The SMILES string of the molecule is COc1ccc(NN(c2ccccc2)c2ccc(N=C3C=CC(=O)C=C3)cc2)cc1. The summed E-state index contributed by atoms with van der Waals surface area (Å²) in [5.41, 5.74) is 7.92. The number of aliphatic imine (C=N–C) groups is 1. The van der Waals surface area contributed by atoms with Gasteiger partial charge in [0.15, 0.2) is 5.78 Å². The number of benzene rings is 3. The average Bonchev–Trinajstić information content (AvgIpc) is 2.81. The van der Waals surface area contributed by atoms with Gasteiger partial charge in [0.05, 0.1) is 35.6 Å². The monoisotopic (exact) mass is 395 g/mol. The fourth-order valence-electron chi connectivity index (χ4n) is 3.00. The second-order valence-electron chi connectivity index (χ2n) is 6.63. The molecule has 1 aliphatic rings. The topological polar surface area (TPSA) is 53.9 Å². The van der Waals surface area contributed by atoms with E-state index in [1.807, 2.05) is 83.9 Å². The largest absolute Gasteiger partial charge is 0.497 e. The molecule has 0 bridgehead atoms. The van der Waals surface area contributed by atoms with E-state index in [4.69, 9.17) is 4.74 Å². The molecule has 0 saturated carbocycles. The van der Waals surface area contributed by atoms with Crippen molar-refractivity contribution in [2.75, 3.05) is 17.5 Å². The zero-order valence-electron chi connectivity index (χ0n) is 16.5. The zero-order chi connectivity index (χ0) is 20.8. The smallest absolute Gasteiger partial charge is 0.178 e. The zero-order valence-corrected chi connectivity index (χ0v) is 16.5. The molecule has 0 aliphatic heterocycles. The number of rotatable bonds is 6. The minimum Gasteiger partial charge on any atom is -0.497 e. The first kappa shape index (κ1) is 19.2. The predicted octanol–water partition coefficient (Wildman–Crippen LogP) is 5.63. The second kappa shape index (κ2) is 8.92. The number of nitrogens with zero attached hydrogens (tertiary/aromatic N) is 2. The number of para-hydroxylation sites is 1. The molecule has 4 rings (SSSR count). The Kier molecular flexibility index (Phi) is 5.71. The lowest BCUT2D eigenvalue weighted by Crippen LogP contribution is -2.24. The molecule has 3 aromatic carbocycles. The summed E-state index contributed by atoms with van der Waals surface area (Å²) >= 11 is 0. The third-order valence-electron chi connectivity index (χ3n) is 4.55. The number of hydrogen-bond donors (Lipinski definition) is 1. The number of hydrazine groups is 1. The first-order chi connectivity index (χ1) is 14.7. The normalized spacial score (nSPS) is 12.6. The molecule has 0 spiro atoms. The molecule has 0 amide bonds. The number of ether oxygens (including phenoxy) is 1. The summed E-state index contributed by atoms with van der Waals surface area (Å²) in [6.07, 6.45) is 6.47. The summed E-state index contributed by atoms with van der Waals surface area (Å²) in [5, 5.41) is 2.01. The fraction of sp³-hybridized carbons (Fsp3) is 0.0400. The minimum atomic E-state index is -0.0209. The first-order valence-electron chi connectivity index (χ1n) is 9.56. The fourth-order valence-corrected chi connectivity index (χ4v) is 3.00. The molecule has 0 radical (unpaired) electrons. The van der Waals surface area contributed by atoms with E-state index in [0.29, 0.717) is 0 Å². The van der Waals surface area contributed by atoms with Gasteiger partial charge < -0.3 is 4.74 Å². The Bertz CT molecular complexity index is 1080. The highest BCUT2D eigenvalue weighted by Crippen LogP contribution is 2.28. The van der Waals surface area contributed by atoms with Gasteiger partial charge in [-0.05, 0) is 85.0 Å². The number of carbonyl (C=O) groups excluding carboxylic acids is 1. The van der Waals surface area contributed by atoms with Gasteiger partial charge in [0.25, 0.3) is 0 Å². The van der Waals surface area contributed by atoms with Crippen LogP contribution in [0.5, 0.6) is 5.75 Å². The van der Waals surface area contributed by atoms with Gasteiger partial charge in [-0.2, -0.15) is 0 Å². The van der Waals surface area contributed by atoms with Gasteiger partial charge in [0.1, 0.15) is 5.75 Å². The van der Waals surface area contributed by atoms with Gasteiger partial charge in [-0.1, -0.05) is 18.2 Å². The minimum absolute atomic E-state index is 0.0209. The van der Waals surface area contributed by atoms with E-state index in [0.717, 1.165) is 34.2 Å². The standard InChI is InChI=1S/C25H21N3O2/c1-30-25-17-11-21(12-18-25)27-28(22-5-3-2-4-6-22)23-13-7-19(8-14-23)26-20-9-15-24(29)16-10-20/h2-18,27H,1H3. The molecule has 3 aromatic rings. The highest BCUT2D eigenvalue weighted by molar-refractivity contribution is 6.17. The Morgan fingerprint density at radius 2 is 1.40 bits per heavy atom. The van der Waals surface area contributed by atoms with Crippen molar-refractivity contribution in [2.45, 2.75) is 0 Å². The molecule has 30 heavy (non-hydrogen) atoms. The van der Waals surface area contributed by atoms with E-state index in [2.05, 4.69) is 10.4 Å². The van der Waals surface area contributed by atoms with Crippen molar-refractivity contribution in [2.24, 2.45) is 4.99 Å². The van der Waals surface area contributed by atoms with Crippen LogP contribution in [-0.2, 0) is 4.79 Å². The number of hydrogen-bond acceptors (Lipinski definition) is 5. The molecule has 0 fully saturated rings. The second-order valence-corrected chi connectivity index (χ2v) is 6.63. The lowest BCUT2D eigenvalue weighted by atomic mass is 10.1. The van der Waals surface area contributed by atoms with Gasteiger partial charge in [0, 0.05) is 0 Å². The van der Waals surface area contributed by atoms with E-state index in [1.165, 1.54) is 12.2 Å². The van der Waals surface area contributed by atoms with Crippen molar-refractivity contribution in [1.82, 2.24) is 0 Å². The maximum atomic E-state index is 11.3. The number of ketones is 1. The molecule has 1 N–H and O–H groups in total. The van der Waals surface area contributed by atoms with Crippen molar-refractivity contribution in [3.8, 4) is 5.75 Å². The van der Waals surface area contributed by atoms with Crippen molar-refractivity contribution in [3.05, 3.63) is 103 Å². The lowest BCUT2D eigenvalue weighted by Gasteiger charge is -2.27. The Morgan fingerprint density at radius 3 is 2.03 bits per heavy atom. The Hall–Kier alpha value is -4.12. The molecular formula is C25H21N3O2. The van der Waals surface area contributed by atoms with Gasteiger partial charge in [-0.3, -0.25) is 15.2 Å². The average molecular weight is 395 g/mol. The maximum Gasteiger partial charge on any atom is 0.178 e. The van der Waals surface area contributed by atoms with E-state index in [1.54, 1.807) is 19.3 Å². The highest BCUT2D eigenvalue weighted by Gasteiger charge is 2.10. The van der Waals surface area contributed by atoms with Gasteiger partial charge in [-0.15, -0.1) is 0 Å². The summed E-state index contributed by atoms with van der Waals surface area (Å²) in [4.78, 5) is 15.8. The number of methoxy groups -OCH3 is 1. The lowest BCUT2D eigenvalue weighted by molar-refractivity contribution is -0.110. The Labute approximate surface area is 175 Å². The van der Waals surface area contributed by atoms with Gasteiger partial charge in [-0.25, -0.2) is 4.99 Å². The summed E-state index contributed by atoms with van der Waals surface area (Å²) < 4.78 is 5.24. The Morgan fingerprint density at radius 1 is 0.767 bits per heavy atom. The molecule has 148 valence electrons. The number of carbonyl (C=O) groups is 1. The number of allylic oxidation sites excluding steroid dienone is 4. The van der Waals surface area contributed by atoms with Crippen LogP contribution in [0.2, 0.25) is 0 Å². The molecule has 0 atom stereocenters. The van der Waals surface area contributed by atoms with Crippen LogP contribution in [0.25, 0.3) is 0 Å². The molecule has 0 unspecified atom stereocenters. The van der Waals surface area contributed by atoms with Crippen molar-refractivity contribution >= 4 is 34.2 Å².